The van der Waals surface area contributed by atoms with Crippen molar-refractivity contribution in [2.24, 2.45) is 5.92 Å². The second-order valence-corrected chi connectivity index (χ2v) is 9.69. The molecule has 0 radical (unpaired) electrons. The van der Waals surface area contributed by atoms with E-state index < -0.39 is 23.5 Å². The minimum absolute atomic E-state index is 0.00437. The Bertz CT molecular complexity index is 1310. The number of carbonyl (C=O) groups is 3. The second-order valence-electron chi connectivity index (χ2n) is 8.72. The van der Waals surface area contributed by atoms with Crippen LogP contribution in [0, 0.1) is 12.8 Å². The van der Waals surface area contributed by atoms with Crippen molar-refractivity contribution in [3.05, 3.63) is 75.9 Å². The number of ketones is 2. The average molecular weight is 495 g/mol. The number of furan rings is 1. The summed E-state index contributed by atoms with van der Waals surface area (Å²) in [5.41, 5.74) is 0.901. The van der Waals surface area contributed by atoms with E-state index in [1.807, 2.05) is 0 Å². The van der Waals surface area contributed by atoms with Gasteiger partial charge in [-0.3, -0.25) is 19.3 Å². The van der Waals surface area contributed by atoms with Gasteiger partial charge in [0.15, 0.2) is 22.4 Å². The van der Waals surface area contributed by atoms with E-state index >= 15 is 0 Å². The number of aromatic nitrogens is 1. The van der Waals surface area contributed by atoms with Gasteiger partial charge in [-0.15, -0.1) is 0 Å². The van der Waals surface area contributed by atoms with E-state index in [0.29, 0.717) is 34.4 Å². The Hall–Kier alpha value is -3.72. The highest BCUT2D eigenvalue weighted by Crippen LogP contribution is 2.44. The topological polar surface area (TPSA) is 110 Å². The van der Waals surface area contributed by atoms with Gasteiger partial charge in [-0.2, -0.15) is 0 Å². The fourth-order valence-corrected chi connectivity index (χ4v) is 4.88. The molecule has 2 aromatic heterocycles. The monoisotopic (exact) mass is 494 g/mol. The molecule has 0 bridgehead atoms. The first-order valence-corrected chi connectivity index (χ1v) is 12.1. The molecule has 1 aliphatic heterocycles. The Labute approximate surface area is 206 Å². The zero-order chi connectivity index (χ0) is 25.3. The zero-order valence-corrected chi connectivity index (χ0v) is 20.7. The van der Waals surface area contributed by atoms with Crippen molar-refractivity contribution in [1.29, 1.82) is 0 Å². The molecule has 1 amide bonds. The molecule has 1 aromatic carbocycles. The van der Waals surface area contributed by atoms with Gasteiger partial charge in [-0.25, -0.2) is 4.98 Å². The van der Waals surface area contributed by atoms with E-state index in [1.165, 1.54) is 24.2 Å². The first kappa shape index (κ1) is 24.4. The molecule has 1 atom stereocenters. The maximum atomic E-state index is 13.3. The summed E-state index contributed by atoms with van der Waals surface area (Å²) >= 11 is 1.04. The number of aryl methyl sites for hydroxylation is 1. The number of aliphatic hydroxyl groups is 1. The van der Waals surface area contributed by atoms with Gasteiger partial charge in [-0.05, 0) is 49.1 Å². The molecule has 0 aliphatic carbocycles. The summed E-state index contributed by atoms with van der Waals surface area (Å²) < 4.78 is 11.2. The van der Waals surface area contributed by atoms with Crippen molar-refractivity contribution in [2.75, 3.05) is 11.5 Å². The van der Waals surface area contributed by atoms with Gasteiger partial charge in [0, 0.05) is 6.92 Å². The standard InChI is InChI=1S/C26H26N2O6S/c1-14(2)10-12-33-18-8-5-7-17(13-18)21-20(22(30)19-9-6-11-34-19)23(31)25(32)28(21)26-27-15(3)24(35-26)16(4)29/h5-9,11,13-14,21,31H,10,12H2,1-4H3. The van der Waals surface area contributed by atoms with E-state index in [0.717, 1.165) is 17.8 Å². The van der Waals surface area contributed by atoms with E-state index in [4.69, 9.17) is 9.15 Å². The van der Waals surface area contributed by atoms with Crippen LogP contribution < -0.4 is 9.64 Å². The van der Waals surface area contributed by atoms with Crippen LogP contribution in [0.15, 0.2) is 58.4 Å². The highest BCUT2D eigenvalue weighted by atomic mass is 32.1. The quantitative estimate of drug-likeness (QED) is 0.394. The average Bonchev–Trinajstić information content (AvgIpc) is 3.53. The van der Waals surface area contributed by atoms with E-state index in [1.54, 1.807) is 37.3 Å². The lowest BCUT2D eigenvalue weighted by Crippen LogP contribution is -2.31. The normalized spacial score (nSPS) is 15.9. The maximum absolute atomic E-state index is 13.3. The smallest absolute Gasteiger partial charge is 0.296 e. The van der Waals surface area contributed by atoms with Crippen molar-refractivity contribution >= 4 is 33.9 Å². The third-order valence-electron chi connectivity index (χ3n) is 5.65. The summed E-state index contributed by atoms with van der Waals surface area (Å²) in [6, 6.07) is 9.09. The van der Waals surface area contributed by atoms with Crippen LogP contribution >= 0.6 is 11.3 Å². The number of aliphatic hydroxyl groups excluding tert-OH is 1. The lowest BCUT2D eigenvalue weighted by Gasteiger charge is -2.24. The molecule has 0 fully saturated rings. The van der Waals surface area contributed by atoms with E-state index in [2.05, 4.69) is 18.8 Å². The Morgan fingerprint density at radius 1 is 1.26 bits per heavy atom. The predicted octanol–water partition coefficient (Wildman–Crippen LogP) is 5.45. The number of Topliss-reactive ketones (excluding diaryl/α,β-unsaturated/α-hetero) is 2. The van der Waals surface area contributed by atoms with Crippen molar-refractivity contribution in [3.8, 4) is 5.75 Å². The van der Waals surface area contributed by atoms with Gasteiger partial charge < -0.3 is 14.3 Å². The fourth-order valence-electron chi connectivity index (χ4n) is 3.89. The molecule has 0 saturated heterocycles. The number of amides is 1. The van der Waals surface area contributed by atoms with E-state index in [-0.39, 0.29) is 22.2 Å². The SMILES string of the molecule is CC(=O)c1sc(N2C(=O)C(O)=C(C(=O)c3ccco3)C2c2cccc(OCCC(C)C)c2)nc1C. The zero-order valence-electron chi connectivity index (χ0n) is 19.9. The fraction of sp³-hybridized carbons (Fsp3) is 0.308. The van der Waals surface area contributed by atoms with Crippen molar-refractivity contribution in [1.82, 2.24) is 4.98 Å². The Morgan fingerprint density at radius 3 is 2.66 bits per heavy atom. The van der Waals surface area contributed by atoms with Crippen molar-refractivity contribution in [2.45, 2.75) is 40.2 Å². The molecular formula is C26H26N2O6S. The number of rotatable bonds is 9. The largest absolute Gasteiger partial charge is 0.503 e. The van der Waals surface area contributed by atoms with Crippen molar-refractivity contribution in [3.63, 3.8) is 0 Å². The first-order valence-electron chi connectivity index (χ1n) is 11.2. The molecule has 3 aromatic rings. The number of ether oxygens (including phenoxy) is 1. The maximum Gasteiger partial charge on any atom is 0.296 e. The van der Waals surface area contributed by atoms with Gasteiger partial charge in [-0.1, -0.05) is 37.3 Å². The molecule has 1 aliphatic rings. The van der Waals surface area contributed by atoms with Crippen LogP contribution in [0.1, 0.15) is 64.7 Å². The van der Waals surface area contributed by atoms with Crippen LogP contribution in [0.4, 0.5) is 5.13 Å². The van der Waals surface area contributed by atoms with Crippen LogP contribution in [0.2, 0.25) is 0 Å². The summed E-state index contributed by atoms with van der Waals surface area (Å²) in [5.74, 6) is -1.21. The first-order chi connectivity index (χ1) is 16.7. The highest BCUT2D eigenvalue weighted by molar-refractivity contribution is 7.17. The number of hydrogen-bond donors (Lipinski definition) is 1. The Balaban J connectivity index is 1.81. The third kappa shape index (κ3) is 4.77. The summed E-state index contributed by atoms with van der Waals surface area (Å²) in [7, 11) is 0. The van der Waals surface area contributed by atoms with Crippen molar-refractivity contribution < 1.29 is 28.6 Å². The molecule has 9 heteroatoms. The van der Waals surface area contributed by atoms with Gasteiger partial charge >= 0.3 is 0 Å². The van der Waals surface area contributed by atoms with E-state index in [9.17, 15) is 19.5 Å². The molecule has 3 heterocycles. The Morgan fingerprint density at radius 2 is 2.03 bits per heavy atom. The minimum atomic E-state index is -0.987. The van der Waals surface area contributed by atoms with Crippen LogP contribution in [0.3, 0.4) is 0 Å². The lowest BCUT2D eigenvalue weighted by molar-refractivity contribution is -0.117. The number of carbonyl (C=O) groups excluding carboxylic acids is 3. The number of thiazole rings is 1. The molecular weight excluding hydrogens is 468 g/mol. The molecule has 0 saturated carbocycles. The summed E-state index contributed by atoms with van der Waals surface area (Å²) in [4.78, 5) is 44.7. The molecule has 35 heavy (non-hydrogen) atoms. The van der Waals surface area contributed by atoms with Gasteiger partial charge in [0.2, 0.25) is 5.78 Å². The molecule has 1 N–H and O–H groups in total. The van der Waals surface area contributed by atoms with Gasteiger partial charge in [0.25, 0.3) is 5.91 Å². The number of benzene rings is 1. The molecule has 4 rings (SSSR count). The Kier molecular flexibility index (Phi) is 6.88. The summed E-state index contributed by atoms with van der Waals surface area (Å²) in [6.45, 7) is 7.83. The number of hydrogen-bond acceptors (Lipinski definition) is 8. The minimum Gasteiger partial charge on any atom is -0.503 e. The molecule has 8 nitrogen and oxygen atoms in total. The van der Waals surface area contributed by atoms with Crippen LogP contribution in [-0.4, -0.2) is 34.2 Å². The van der Waals surface area contributed by atoms with Crippen LogP contribution in [0.25, 0.3) is 0 Å². The third-order valence-corrected chi connectivity index (χ3v) is 6.90. The number of anilines is 1. The lowest BCUT2D eigenvalue weighted by atomic mass is 9.95. The highest BCUT2D eigenvalue weighted by Gasteiger charge is 2.46. The van der Waals surface area contributed by atoms with Gasteiger partial charge in [0.1, 0.15) is 5.75 Å². The molecule has 0 spiro atoms. The predicted molar refractivity (Wildman–Crippen MR) is 131 cm³/mol. The van der Waals surface area contributed by atoms with Crippen LogP contribution in [0.5, 0.6) is 5.75 Å². The second kappa shape index (κ2) is 9.87. The summed E-state index contributed by atoms with van der Waals surface area (Å²) in [5, 5.41) is 11.1. The molecule has 1 unspecified atom stereocenters. The van der Waals surface area contributed by atoms with Gasteiger partial charge in [0.05, 0.1) is 35.1 Å². The molecule has 182 valence electrons. The summed E-state index contributed by atoms with van der Waals surface area (Å²) in [6.07, 6.45) is 2.22. The number of nitrogens with zero attached hydrogens (tertiary/aromatic N) is 2. The van der Waals surface area contributed by atoms with Crippen LogP contribution in [-0.2, 0) is 4.79 Å².